The van der Waals surface area contributed by atoms with Crippen LogP contribution in [0, 0.1) is 0 Å². The monoisotopic (exact) mass is 348 g/mol. The van der Waals surface area contributed by atoms with E-state index in [1.165, 1.54) is 4.90 Å². The van der Waals surface area contributed by atoms with Gasteiger partial charge in [-0.2, -0.15) is 0 Å². The molecule has 1 aromatic heterocycles. The summed E-state index contributed by atoms with van der Waals surface area (Å²) in [4.78, 5) is 22.2. The van der Waals surface area contributed by atoms with Crippen LogP contribution < -0.4 is 4.74 Å². The summed E-state index contributed by atoms with van der Waals surface area (Å²) in [6.45, 7) is 6.59. The molecule has 1 rings (SSSR count). The van der Waals surface area contributed by atoms with Gasteiger partial charge in [0.25, 0.3) is 5.91 Å². The molecule has 6 heteroatoms. The highest BCUT2D eigenvalue weighted by Gasteiger charge is 2.15. The summed E-state index contributed by atoms with van der Waals surface area (Å²) in [5.74, 6) is 0.482. The molecule has 0 radical (unpaired) electrons. The third-order valence-electron chi connectivity index (χ3n) is 3.81. The van der Waals surface area contributed by atoms with Gasteiger partial charge in [-0.15, -0.1) is 6.58 Å². The Morgan fingerprint density at radius 2 is 1.96 bits per heavy atom. The van der Waals surface area contributed by atoms with Crippen LogP contribution in [0.1, 0.15) is 23.2 Å². The summed E-state index contributed by atoms with van der Waals surface area (Å²) < 4.78 is 6.05. The van der Waals surface area contributed by atoms with E-state index < -0.39 is 0 Å². The fourth-order valence-electron chi connectivity index (χ4n) is 2.31. The van der Waals surface area contributed by atoms with Gasteiger partial charge < -0.3 is 19.4 Å². The van der Waals surface area contributed by atoms with Gasteiger partial charge >= 0.3 is 0 Å². The molecule has 0 saturated heterocycles. The summed E-state index contributed by atoms with van der Waals surface area (Å²) in [7, 11) is 9.68. The minimum absolute atomic E-state index is 0.0352. The smallest absolute Gasteiger partial charge is 0.254 e. The molecule has 0 N–H and O–H groups in total. The fraction of sp³-hybridized carbons (Fsp3) is 0.579. The molecule has 1 unspecified atom stereocenters. The molecule has 1 aromatic rings. The van der Waals surface area contributed by atoms with Crippen molar-refractivity contribution in [3.63, 3.8) is 0 Å². The average molecular weight is 348 g/mol. The van der Waals surface area contributed by atoms with E-state index in [1.807, 2.05) is 6.08 Å². The van der Waals surface area contributed by atoms with Crippen molar-refractivity contribution in [2.45, 2.75) is 18.9 Å². The van der Waals surface area contributed by atoms with Crippen molar-refractivity contribution in [2.24, 2.45) is 0 Å². The minimum Gasteiger partial charge on any atom is -0.473 e. The van der Waals surface area contributed by atoms with Crippen LogP contribution in [0.5, 0.6) is 5.88 Å². The molecular formula is C19H32N4O2. The van der Waals surface area contributed by atoms with Crippen molar-refractivity contribution in [1.29, 1.82) is 0 Å². The molecule has 0 saturated carbocycles. The lowest BCUT2D eigenvalue weighted by Gasteiger charge is -2.25. The Kier molecular flexibility index (Phi) is 9.16. The van der Waals surface area contributed by atoms with Gasteiger partial charge in [0.2, 0.25) is 5.88 Å². The van der Waals surface area contributed by atoms with Crippen molar-refractivity contribution in [2.75, 3.05) is 54.9 Å². The zero-order valence-electron chi connectivity index (χ0n) is 16.2. The second kappa shape index (κ2) is 10.8. The lowest BCUT2D eigenvalue weighted by atomic mass is 10.2. The van der Waals surface area contributed by atoms with E-state index in [0.717, 1.165) is 32.5 Å². The number of hydrogen-bond acceptors (Lipinski definition) is 5. The van der Waals surface area contributed by atoms with Crippen LogP contribution >= 0.6 is 0 Å². The van der Waals surface area contributed by atoms with E-state index in [-0.39, 0.29) is 12.0 Å². The quantitative estimate of drug-likeness (QED) is 0.573. The summed E-state index contributed by atoms with van der Waals surface area (Å²) in [6.07, 6.45) is 5.28. The number of nitrogens with zero attached hydrogens (tertiary/aromatic N) is 4. The van der Waals surface area contributed by atoms with Gasteiger partial charge in [0.05, 0.1) is 5.56 Å². The van der Waals surface area contributed by atoms with Gasteiger partial charge in [0.1, 0.15) is 6.10 Å². The summed E-state index contributed by atoms with van der Waals surface area (Å²) in [6, 6.07) is 3.52. The summed E-state index contributed by atoms with van der Waals surface area (Å²) >= 11 is 0. The first-order chi connectivity index (χ1) is 11.8. The molecule has 0 aliphatic heterocycles. The van der Waals surface area contributed by atoms with Crippen molar-refractivity contribution in [3.05, 3.63) is 36.5 Å². The van der Waals surface area contributed by atoms with Crippen LogP contribution in [-0.2, 0) is 0 Å². The summed E-state index contributed by atoms with van der Waals surface area (Å²) in [5.41, 5.74) is 0.558. The van der Waals surface area contributed by atoms with E-state index in [0.29, 0.717) is 11.4 Å². The number of allylic oxidation sites excluding steroid dienone is 1. The highest BCUT2D eigenvalue weighted by atomic mass is 16.5. The normalized spacial score (nSPS) is 12.3. The Hall–Kier alpha value is -1.92. The zero-order valence-corrected chi connectivity index (χ0v) is 16.2. The predicted molar refractivity (Wildman–Crippen MR) is 102 cm³/mol. The Morgan fingerprint density at radius 3 is 2.48 bits per heavy atom. The third kappa shape index (κ3) is 8.14. The second-order valence-corrected chi connectivity index (χ2v) is 6.76. The molecule has 0 aliphatic rings. The minimum atomic E-state index is -0.0642. The standard InChI is InChI=1S/C19H32N4O2/c1-7-8-9-17(15-23(6)13-12-21(2)3)25-18-11-10-16(14-20-18)19(24)22(4)5/h7,10-11,14,17H,1,8-9,12-13,15H2,2-6H3. The second-order valence-electron chi connectivity index (χ2n) is 6.76. The number of amides is 1. The summed E-state index contributed by atoms with van der Waals surface area (Å²) in [5, 5.41) is 0. The molecule has 0 spiro atoms. The molecule has 25 heavy (non-hydrogen) atoms. The number of carbonyl (C=O) groups is 1. The van der Waals surface area contributed by atoms with Gasteiger partial charge in [-0.3, -0.25) is 4.79 Å². The van der Waals surface area contributed by atoms with Gasteiger partial charge in [-0.25, -0.2) is 4.98 Å². The number of likely N-dealkylation sites (N-methyl/N-ethyl adjacent to an activating group) is 2. The molecule has 0 aromatic carbocycles. The molecule has 0 aliphatic carbocycles. The zero-order chi connectivity index (χ0) is 18.8. The van der Waals surface area contributed by atoms with Gasteiger partial charge in [0, 0.05) is 46.0 Å². The largest absolute Gasteiger partial charge is 0.473 e. The highest BCUT2D eigenvalue weighted by molar-refractivity contribution is 5.93. The van der Waals surface area contributed by atoms with Crippen molar-refractivity contribution < 1.29 is 9.53 Å². The van der Waals surface area contributed by atoms with Crippen LogP contribution in [-0.4, -0.2) is 86.6 Å². The topological polar surface area (TPSA) is 48.9 Å². The van der Waals surface area contributed by atoms with Crippen molar-refractivity contribution >= 4 is 5.91 Å². The number of hydrogen-bond donors (Lipinski definition) is 0. The molecule has 1 heterocycles. The van der Waals surface area contributed by atoms with Crippen molar-refractivity contribution in [1.82, 2.24) is 19.7 Å². The van der Waals surface area contributed by atoms with Crippen LogP contribution in [0.2, 0.25) is 0 Å². The Labute approximate surface area is 152 Å². The molecule has 0 bridgehead atoms. The first-order valence-corrected chi connectivity index (χ1v) is 8.62. The van der Waals surface area contributed by atoms with Crippen LogP contribution in [0.15, 0.2) is 31.0 Å². The first kappa shape index (κ1) is 21.1. The Balaban J connectivity index is 2.67. The third-order valence-corrected chi connectivity index (χ3v) is 3.81. The van der Waals surface area contributed by atoms with E-state index >= 15 is 0 Å². The van der Waals surface area contributed by atoms with Gasteiger partial charge in [0.15, 0.2) is 0 Å². The van der Waals surface area contributed by atoms with E-state index in [2.05, 4.69) is 42.5 Å². The predicted octanol–water partition coefficient (Wildman–Crippen LogP) is 1.99. The van der Waals surface area contributed by atoms with Gasteiger partial charge in [-0.1, -0.05) is 6.08 Å². The molecule has 1 amide bonds. The number of rotatable bonds is 11. The van der Waals surface area contributed by atoms with Crippen molar-refractivity contribution in [3.8, 4) is 5.88 Å². The SMILES string of the molecule is C=CCCC(CN(C)CCN(C)C)Oc1ccc(C(=O)N(C)C)cn1. The highest BCUT2D eigenvalue weighted by Crippen LogP contribution is 2.14. The van der Waals surface area contributed by atoms with E-state index in [9.17, 15) is 4.79 Å². The maximum atomic E-state index is 11.9. The maximum absolute atomic E-state index is 11.9. The van der Waals surface area contributed by atoms with E-state index in [1.54, 1.807) is 32.4 Å². The van der Waals surface area contributed by atoms with Crippen LogP contribution in [0.4, 0.5) is 0 Å². The number of carbonyl (C=O) groups excluding carboxylic acids is 1. The molecule has 6 nitrogen and oxygen atoms in total. The lowest BCUT2D eigenvalue weighted by molar-refractivity contribution is 0.0827. The van der Waals surface area contributed by atoms with E-state index in [4.69, 9.17) is 4.74 Å². The number of pyridine rings is 1. The molecule has 1 atom stereocenters. The number of ether oxygens (including phenoxy) is 1. The number of aromatic nitrogens is 1. The Morgan fingerprint density at radius 1 is 1.24 bits per heavy atom. The Bertz CT molecular complexity index is 529. The lowest BCUT2D eigenvalue weighted by Crippen LogP contribution is -2.37. The molecule has 140 valence electrons. The van der Waals surface area contributed by atoms with Crippen LogP contribution in [0.3, 0.4) is 0 Å². The fourth-order valence-corrected chi connectivity index (χ4v) is 2.31. The first-order valence-electron chi connectivity index (χ1n) is 8.62. The maximum Gasteiger partial charge on any atom is 0.254 e. The average Bonchev–Trinajstić information content (AvgIpc) is 2.57. The molecule has 0 fully saturated rings. The van der Waals surface area contributed by atoms with Crippen LogP contribution in [0.25, 0.3) is 0 Å². The molecular weight excluding hydrogens is 316 g/mol. The van der Waals surface area contributed by atoms with Gasteiger partial charge in [-0.05, 0) is 40.1 Å².